The Bertz CT molecular complexity index is 293. The Morgan fingerprint density at radius 3 is 3.00 bits per heavy atom. The molecule has 0 aromatic heterocycles. The first-order valence-electron chi connectivity index (χ1n) is 4.37. The van der Waals surface area contributed by atoms with Crippen LogP contribution in [0, 0.1) is 5.82 Å². The summed E-state index contributed by atoms with van der Waals surface area (Å²) in [6, 6.07) is 4.34. The first kappa shape index (κ1) is 11.4. The van der Waals surface area contributed by atoms with Gasteiger partial charge in [0.15, 0.2) is 0 Å². The van der Waals surface area contributed by atoms with Crippen molar-refractivity contribution in [1.82, 2.24) is 5.32 Å². The molecule has 0 aliphatic rings. The molecule has 0 saturated heterocycles. The van der Waals surface area contributed by atoms with Crippen molar-refractivity contribution >= 4 is 11.6 Å². The van der Waals surface area contributed by atoms with E-state index in [9.17, 15) is 4.39 Å². The van der Waals surface area contributed by atoms with E-state index in [1.165, 1.54) is 12.1 Å². The predicted molar refractivity (Wildman–Crippen MR) is 55.0 cm³/mol. The summed E-state index contributed by atoms with van der Waals surface area (Å²) < 4.78 is 17.7. The lowest BCUT2D eigenvalue weighted by molar-refractivity contribution is 0.199. The van der Waals surface area contributed by atoms with Crippen LogP contribution in [0.4, 0.5) is 4.39 Å². The van der Waals surface area contributed by atoms with Crippen molar-refractivity contribution in [3.8, 4) is 0 Å². The van der Waals surface area contributed by atoms with E-state index in [1.807, 2.05) is 0 Å². The highest BCUT2D eigenvalue weighted by Gasteiger charge is 2.00. The van der Waals surface area contributed by atoms with Crippen LogP contribution in [-0.2, 0) is 11.3 Å². The zero-order valence-electron chi connectivity index (χ0n) is 8.02. The van der Waals surface area contributed by atoms with Gasteiger partial charge in [0.25, 0.3) is 0 Å². The van der Waals surface area contributed by atoms with Gasteiger partial charge in [0.1, 0.15) is 5.82 Å². The first-order chi connectivity index (χ1) is 6.74. The Kier molecular flexibility index (Phi) is 4.87. The van der Waals surface area contributed by atoms with Crippen LogP contribution in [0.3, 0.4) is 0 Å². The van der Waals surface area contributed by atoms with Gasteiger partial charge in [-0.25, -0.2) is 4.39 Å². The lowest BCUT2D eigenvalue weighted by atomic mass is 10.2. The molecule has 0 heterocycles. The molecule has 0 aliphatic carbocycles. The lowest BCUT2D eigenvalue weighted by Gasteiger charge is -2.06. The Labute approximate surface area is 88.0 Å². The van der Waals surface area contributed by atoms with Crippen LogP contribution in [0.25, 0.3) is 0 Å². The average Bonchev–Trinajstić information content (AvgIpc) is 2.18. The second-order valence-corrected chi connectivity index (χ2v) is 3.31. The van der Waals surface area contributed by atoms with Crippen molar-refractivity contribution in [2.45, 2.75) is 6.54 Å². The number of hydrogen-bond donors (Lipinski definition) is 1. The zero-order valence-corrected chi connectivity index (χ0v) is 8.77. The van der Waals surface area contributed by atoms with Gasteiger partial charge in [-0.05, 0) is 23.8 Å². The summed E-state index contributed by atoms with van der Waals surface area (Å²) in [4.78, 5) is 0. The Morgan fingerprint density at radius 2 is 2.29 bits per heavy atom. The van der Waals surface area contributed by atoms with Gasteiger partial charge in [0.05, 0.1) is 6.61 Å². The van der Waals surface area contributed by atoms with Gasteiger partial charge >= 0.3 is 0 Å². The molecule has 0 saturated carbocycles. The maximum Gasteiger partial charge on any atom is 0.123 e. The highest BCUT2D eigenvalue weighted by atomic mass is 35.5. The lowest BCUT2D eigenvalue weighted by Crippen LogP contribution is -2.18. The van der Waals surface area contributed by atoms with E-state index in [2.05, 4.69) is 5.32 Å². The van der Waals surface area contributed by atoms with Crippen LogP contribution in [-0.4, -0.2) is 20.3 Å². The largest absolute Gasteiger partial charge is 0.383 e. The van der Waals surface area contributed by atoms with Crippen molar-refractivity contribution in [3.05, 3.63) is 34.6 Å². The quantitative estimate of drug-likeness (QED) is 0.764. The molecule has 78 valence electrons. The monoisotopic (exact) mass is 217 g/mol. The van der Waals surface area contributed by atoms with Crippen molar-refractivity contribution in [1.29, 1.82) is 0 Å². The Hall–Kier alpha value is -0.640. The summed E-state index contributed by atoms with van der Waals surface area (Å²) in [6.45, 7) is 1.91. The molecule has 2 nitrogen and oxygen atoms in total. The minimum Gasteiger partial charge on any atom is -0.383 e. The van der Waals surface area contributed by atoms with E-state index in [0.717, 1.165) is 12.1 Å². The van der Waals surface area contributed by atoms with Crippen molar-refractivity contribution < 1.29 is 9.13 Å². The number of hydrogen-bond acceptors (Lipinski definition) is 2. The third kappa shape index (κ3) is 3.62. The third-order valence-corrected chi connectivity index (χ3v) is 2.17. The summed E-state index contributed by atoms with van der Waals surface area (Å²) in [5.41, 5.74) is 0.766. The molecular formula is C10H13ClFNO. The SMILES string of the molecule is COCCNCc1cc(F)ccc1Cl. The number of halogens is 2. The van der Waals surface area contributed by atoms with Crippen LogP contribution in [0.5, 0.6) is 0 Å². The van der Waals surface area contributed by atoms with Crippen molar-refractivity contribution in [2.24, 2.45) is 0 Å². The molecule has 0 atom stereocenters. The standard InChI is InChI=1S/C10H13ClFNO/c1-14-5-4-13-7-8-6-9(12)2-3-10(8)11/h2-3,6,13H,4-5,7H2,1H3. The molecular weight excluding hydrogens is 205 g/mol. The van der Waals surface area contributed by atoms with E-state index in [0.29, 0.717) is 18.2 Å². The summed E-state index contributed by atoms with van der Waals surface area (Å²) in [5, 5.41) is 3.67. The average molecular weight is 218 g/mol. The molecule has 0 spiro atoms. The molecule has 1 rings (SSSR count). The molecule has 0 bridgehead atoms. The van der Waals surface area contributed by atoms with E-state index < -0.39 is 0 Å². The fraction of sp³-hybridized carbons (Fsp3) is 0.400. The molecule has 0 fully saturated rings. The predicted octanol–water partition coefficient (Wildman–Crippen LogP) is 2.22. The van der Waals surface area contributed by atoms with Gasteiger partial charge in [-0.15, -0.1) is 0 Å². The minimum atomic E-state index is -0.266. The number of benzene rings is 1. The first-order valence-corrected chi connectivity index (χ1v) is 4.75. The van der Waals surface area contributed by atoms with Crippen LogP contribution >= 0.6 is 11.6 Å². The van der Waals surface area contributed by atoms with Crippen LogP contribution in [0.15, 0.2) is 18.2 Å². The highest BCUT2D eigenvalue weighted by molar-refractivity contribution is 6.31. The Morgan fingerprint density at radius 1 is 1.50 bits per heavy atom. The molecule has 0 aliphatic heterocycles. The zero-order chi connectivity index (χ0) is 10.4. The summed E-state index contributed by atoms with van der Waals surface area (Å²) in [7, 11) is 1.64. The maximum atomic E-state index is 12.8. The molecule has 0 radical (unpaired) electrons. The summed E-state index contributed by atoms with van der Waals surface area (Å²) in [5.74, 6) is -0.266. The van der Waals surface area contributed by atoms with Gasteiger partial charge in [0.2, 0.25) is 0 Å². The van der Waals surface area contributed by atoms with Crippen molar-refractivity contribution in [3.63, 3.8) is 0 Å². The summed E-state index contributed by atoms with van der Waals surface area (Å²) in [6.07, 6.45) is 0. The van der Waals surface area contributed by atoms with Crippen LogP contribution in [0.2, 0.25) is 5.02 Å². The van der Waals surface area contributed by atoms with Crippen LogP contribution < -0.4 is 5.32 Å². The maximum absolute atomic E-state index is 12.8. The topological polar surface area (TPSA) is 21.3 Å². The number of ether oxygens (including phenoxy) is 1. The smallest absolute Gasteiger partial charge is 0.123 e. The normalized spacial score (nSPS) is 10.5. The van der Waals surface area contributed by atoms with E-state index in [1.54, 1.807) is 13.2 Å². The van der Waals surface area contributed by atoms with Gasteiger partial charge < -0.3 is 10.1 Å². The van der Waals surface area contributed by atoms with E-state index in [-0.39, 0.29) is 5.82 Å². The van der Waals surface area contributed by atoms with Gasteiger partial charge in [-0.2, -0.15) is 0 Å². The number of nitrogens with one attached hydrogen (secondary N) is 1. The second kappa shape index (κ2) is 5.96. The molecule has 0 unspecified atom stereocenters. The van der Waals surface area contributed by atoms with Gasteiger partial charge in [-0.1, -0.05) is 11.6 Å². The molecule has 4 heteroatoms. The summed E-state index contributed by atoms with van der Waals surface area (Å²) >= 11 is 5.87. The Balaban J connectivity index is 2.45. The van der Waals surface area contributed by atoms with Gasteiger partial charge in [0, 0.05) is 25.2 Å². The molecule has 1 aromatic rings. The molecule has 0 amide bonds. The van der Waals surface area contributed by atoms with Gasteiger partial charge in [-0.3, -0.25) is 0 Å². The third-order valence-electron chi connectivity index (χ3n) is 1.81. The van der Waals surface area contributed by atoms with E-state index in [4.69, 9.17) is 16.3 Å². The number of methoxy groups -OCH3 is 1. The molecule has 14 heavy (non-hydrogen) atoms. The number of rotatable bonds is 5. The second-order valence-electron chi connectivity index (χ2n) is 2.91. The molecule has 1 N–H and O–H groups in total. The van der Waals surface area contributed by atoms with Crippen LogP contribution in [0.1, 0.15) is 5.56 Å². The highest BCUT2D eigenvalue weighted by Crippen LogP contribution is 2.16. The minimum absolute atomic E-state index is 0.266. The van der Waals surface area contributed by atoms with Crippen molar-refractivity contribution in [2.75, 3.05) is 20.3 Å². The fourth-order valence-corrected chi connectivity index (χ4v) is 1.26. The molecule has 1 aromatic carbocycles. The van der Waals surface area contributed by atoms with E-state index >= 15 is 0 Å². The fourth-order valence-electron chi connectivity index (χ4n) is 1.08.